The molecule has 1 atom stereocenters. The van der Waals surface area contributed by atoms with Gasteiger partial charge in [-0.15, -0.1) is 11.3 Å². The van der Waals surface area contributed by atoms with Gasteiger partial charge in [0.2, 0.25) is 0 Å². The van der Waals surface area contributed by atoms with Crippen molar-refractivity contribution in [1.29, 1.82) is 0 Å². The van der Waals surface area contributed by atoms with Gasteiger partial charge >= 0.3 is 0 Å². The number of nitrogen functional groups attached to an aromatic ring is 1. The Morgan fingerprint density at radius 3 is 3.21 bits per heavy atom. The first kappa shape index (κ1) is 12.8. The highest BCUT2D eigenvalue weighted by atomic mass is 32.1. The molecule has 0 amide bonds. The maximum Gasteiger partial charge on any atom is 0.146 e. The molecular formula is C14H20N4S. The Labute approximate surface area is 117 Å². The Morgan fingerprint density at radius 2 is 2.37 bits per heavy atom. The Bertz CT molecular complexity index is 566. The molecule has 2 aromatic rings. The van der Waals surface area contributed by atoms with Gasteiger partial charge in [-0.1, -0.05) is 13.3 Å². The van der Waals surface area contributed by atoms with Crippen molar-refractivity contribution >= 4 is 27.4 Å². The van der Waals surface area contributed by atoms with E-state index < -0.39 is 0 Å². The molecule has 0 saturated carbocycles. The lowest BCUT2D eigenvalue weighted by Crippen LogP contribution is -2.35. The zero-order valence-corrected chi connectivity index (χ0v) is 12.1. The molecule has 0 aromatic carbocycles. The largest absolute Gasteiger partial charge is 0.383 e. The predicted octanol–water partition coefficient (Wildman–Crippen LogP) is 2.90. The fourth-order valence-electron chi connectivity index (χ4n) is 2.82. The molecule has 0 bridgehead atoms. The topological polar surface area (TPSA) is 55.0 Å². The van der Waals surface area contributed by atoms with Crippen LogP contribution in [0.25, 0.3) is 10.2 Å². The monoisotopic (exact) mass is 276 g/mol. The molecule has 1 fully saturated rings. The Morgan fingerprint density at radius 1 is 1.47 bits per heavy atom. The molecule has 1 aliphatic rings. The van der Waals surface area contributed by atoms with E-state index in [4.69, 9.17) is 5.73 Å². The number of piperidine rings is 1. The summed E-state index contributed by atoms with van der Waals surface area (Å²) in [5.74, 6) is 2.31. The average Bonchev–Trinajstić information content (AvgIpc) is 2.88. The van der Waals surface area contributed by atoms with Crippen molar-refractivity contribution < 1.29 is 0 Å². The van der Waals surface area contributed by atoms with Gasteiger partial charge in [0.1, 0.15) is 16.5 Å². The third-order valence-electron chi connectivity index (χ3n) is 3.95. The summed E-state index contributed by atoms with van der Waals surface area (Å²) >= 11 is 1.63. The third kappa shape index (κ3) is 2.72. The van der Waals surface area contributed by atoms with Crippen molar-refractivity contribution in [3.05, 3.63) is 17.3 Å². The lowest BCUT2D eigenvalue weighted by atomic mass is 9.96. The van der Waals surface area contributed by atoms with E-state index in [1.807, 2.05) is 11.4 Å². The quantitative estimate of drug-likeness (QED) is 0.936. The summed E-state index contributed by atoms with van der Waals surface area (Å²) in [6, 6.07) is 1.99. The molecule has 0 radical (unpaired) electrons. The molecule has 5 heteroatoms. The van der Waals surface area contributed by atoms with Crippen LogP contribution in [-0.4, -0.2) is 28.0 Å². The van der Waals surface area contributed by atoms with Gasteiger partial charge in [0.15, 0.2) is 0 Å². The molecule has 19 heavy (non-hydrogen) atoms. The number of rotatable bonds is 3. The first-order valence-electron chi connectivity index (χ1n) is 6.98. The minimum atomic E-state index is 0.616. The molecule has 3 heterocycles. The van der Waals surface area contributed by atoms with Crippen LogP contribution in [0.4, 0.5) is 5.82 Å². The van der Waals surface area contributed by atoms with Gasteiger partial charge in [-0.3, -0.25) is 4.90 Å². The average molecular weight is 276 g/mol. The molecule has 2 N–H and O–H groups in total. The first-order valence-corrected chi connectivity index (χ1v) is 7.86. The zero-order chi connectivity index (χ0) is 13.2. The highest BCUT2D eigenvalue weighted by molar-refractivity contribution is 7.16. The van der Waals surface area contributed by atoms with Gasteiger partial charge in [0.25, 0.3) is 0 Å². The summed E-state index contributed by atoms with van der Waals surface area (Å²) in [4.78, 5) is 12.5. The normalized spacial score (nSPS) is 21.0. The standard InChI is InChI=1S/C14H20N4S/c1-2-10-4-3-6-18(8-10)9-12-16-13(15)11-5-7-19-14(11)17-12/h5,7,10H,2-4,6,8-9H2,1H3,(H2,15,16,17). The van der Waals surface area contributed by atoms with E-state index in [-0.39, 0.29) is 0 Å². The van der Waals surface area contributed by atoms with E-state index in [2.05, 4.69) is 21.8 Å². The summed E-state index contributed by atoms with van der Waals surface area (Å²) in [7, 11) is 0. The highest BCUT2D eigenvalue weighted by Gasteiger charge is 2.19. The number of hydrogen-bond donors (Lipinski definition) is 1. The maximum absolute atomic E-state index is 6.00. The van der Waals surface area contributed by atoms with Gasteiger partial charge in [0.05, 0.1) is 11.9 Å². The van der Waals surface area contributed by atoms with Crippen LogP contribution < -0.4 is 5.73 Å². The van der Waals surface area contributed by atoms with Crippen LogP contribution in [-0.2, 0) is 6.54 Å². The van der Waals surface area contributed by atoms with E-state index >= 15 is 0 Å². The Balaban J connectivity index is 1.77. The second-order valence-electron chi connectivity index (χ2n) is 5.32. The van der Waals surface area contributed by atoms with Crippen LogP contribution in [0.5, 0.6) is 0 Å². The summed E-state index contributed by atoms with van der Waals surface area (Å²) in [5, 5.41) is 3.01. The van der Waals surface area contributed by atoms with Crippen LogP contribution in [0, 0.1) is 5.92 Å². The number of likely N-dealkylation sites (tertiary alicyclic amines) is 1. The van der Waals surface area contributed by atoms with Crippen LogP contribution in [0.15, 0.2) is 11.4 Å². The molecule has 3 rings (SSSR count). The number of nitrogens with zero attached hydrogens (tertiary/aromatic N) is 3. The molecule has 1 saturated heterocycles. The summed E-state index contributed by atoms with van der Waals surface area (Å²) in [5.41, 5.74) is 6.00. The molecule has 2 aromatic heterocycles. The minimum Gasteiger partial charge on any atom is -0.383 e. The van der Waals surface area contributed by atoms with Crippen LogP contribution in [0.2, 0.25) is 0 Å². The van der Waals surface area contributed by atoms with E-state index in [1.54, 1.807) is 11.3 Å². The highest BCUT2D eigenvalue weighted by Crippen LogP contribution is 2.24. The molecule has 0 aliphatic carbocycles. The maximum atomic E-state index is 6.00. The number of nitrogens with two attached hydrogens (primary N) is 1. The number of thiophene rings is 1. The molecule has 1 unspecified atom stereocenters. The lowest BCUT2D eigenvalue weighted by Gasteiger charge is -2.31. The molecule has 4 nitrogen and oxygen atoms in total. The fourth-order valence-corrected chi connectivity index (χ4v) is 3.61. The van der Waals surface area contributed by atoms with E-state index in [0.29, 0.717) is 5.82 Å². The van der Waals surface area contributed by atoms with Crippen molar-refractivity contribution in [2.75, 3.05) is 18.8 Å². The summed E-state index contributed by atoms with van der Waals surface area (Å²) in [6.45, 7) is 5.43. The van der Waals surface area contributed by atoms with Crippen LogP contribution >= 0.6 is 11.3 Å². The van der Waals surface area contributed by atoms with E-state index in [9.17, 15) is 0 Å². The number of anilines is 1. The van der Waals surface area contributed by atoms with Crippen LogP contribution in [0.3, 0.4) is 0 Å². The van der Waals surface area contributed by atoms with Crippen molar-refractivity contribution in [3.8, 4) is 0 Å². The van der Waals surface area contributed by atoms with E-state index in [0.717, 1.165) is 35.0 Å². The van der Waals surface area contributed by atoms with Crippen molar-refractivity contribution in [2.24, 2.45) is 5.92 Å². The second-order valence-corrected chi connectivity index (χ2v) is 6.21. The molecule has 102 valence electrons. The van der Waals surface area contributed by atoms with Crippen LogP contribution in [0.1, 0.15) is 32.0 Å². The second kappa shape index (κ2) is 5.43. The lowest BCUT2D eigenvalue weighted by molar-refractivity contribution is 0.161. The van der Waals surface area contributed by atoms with Crippen molar-refractivity contribution in [2.45, 2.75) is 32.7 Å². The van der Waals surface area contributed by atoms with Gasteiger partial charge in [0, 0.05) is 6.54 Å². The van der Waals surface area contributed by atoms with Crippen molar-refractivity contribution in [3.63, 3.8) is 0 Å². The third-order valence-corrected chi connectivity index (χ3v) is 4.75. The zero-order valence-electron chi connectivity index (χ0n) is 11.3. The number of fused-ring (bicyclic) bond motifs is 1. The molecule has 1 aliphatic heterocycles. The number of aromatic nitrogens is 2. The van der Waals surface area contributed by atoms with Gasteiger partial charge in [-0.2, -0.15) is 0 Å². The molecular weight excluding hydrogens is 256 g/mol. The van der Waals surface area contributed by atoms with Gasteiger partial charge in [-0.25, -0.2) is 9.97 Å². The summed E-state index contributed by atoms with van der Waals surface area (Å²) < 4.78 is 0. The van der Waals surface area contributed by atoms with Gasteiger partial charge < -0.3 is 5.73 Å². The van der Waals surface area contributed by atoms with Crippen molar-refractivity contribution in [1.82, 2.24) is 14.9 Å². The first-order chi connectivity index (χ1) is 9.26. The minimum absolute atomic E-state index is 0.616. The smallest absolute Gasteiger partial charge is 0.146 e. The Hall–Kier alpha value is -1.20. The SMILES string of the molecule is CCC1CCCN(Cc2nc(N)c3ccsc3n2)C1. The Kier molecular flexibility index (Phi) is 3.66. The predicted molar refractivity (Wildman–Crippen MR) is 80.1 cm³/mol. The fraction of sp³-hybridized carbons (Fsp3) is 0.571. The van der Waals surface area contributed by atoms with E-state index in [1.165, 1.54) is 25.8 Å². The number of hydrogen-bond acceptors (Lipinski definition) is 5. The van der Waals surface area contributed by atoms with Gasteiger partial charge in [-0.05, 0) is 36.8 Å². The molecule has 0 spiro atoms. The summed E-state index contributed by atoms with van der Waals surface area (Å²) in [6.07, 6.45) is 3.92.